The van der Waals surface area contributed by atoms with Crippen molar-refractivity contribution in [3.8, 4) is 0 Å². The minimum absolute atomic E-state index is 0.167. The lowest BCUT2D eigenvalue weighted by molar-refractivity contribution is 0.0214. The van der Waals surface area contributed by atoms with Gasteiger partial charge < -0.3 is 9.72 Å². The smallest absolute Gasteiger partial charge is 0.253 e. The standard InChI is InChI=1S/C23H23FN6O2/c1-15-3-2-4-17-13-19(23(31)25-20(15)17)21(29-9-11-32-12-10-29)22-26-27-28-30(22)14-16-5-7-18(24)8-6-16/h2-8,13,21H,9-12,14H2,1H3,(H,25,31)/t21-/m1/s1. The summed E-state index contributed by atoms with van der Waals surface area (Å²) < 4.78 is 20.5. The molecule has 9 heteroatoms. The van der Waals surface area contributed by atoms with E-state index >= 15 is 0 Å². The largest absolute Gasteiger partial charge is 0.379 e. The molecular formula is C23H23FN6O2. The number of aromatic nitrogens is 5. The van der Waals surface area contributed by atoms with E-state index in [0.717, 1.165) is 22.0 Å². The van der Waals surface area contributed by atoms with Crippen LogP contribution in [0.1, 0.15) is 28.6 Å². The monoisotopic (exact) mass is 434 g/mol. The van der Waals surface area contributed by atoms with Crippen LogP contribution in [0.2, 0.25) is 0 Å². The van der Waals surface area contributed by atoms with E-state index in [1.165, 1.54) is 12.1 Å². The predicted molar refractivity (Wildman–Crippen MR) is 117 cm³/mol. The van der Waals surface area contributed by atoms with Crippen molar-refractivity contribution in [1.29, 1.82) is 0 Å². The average Bonchev–Trinajstić information content (AvgIpc) is 3.25. The summed E-state index contributed by atoms with van der Waals surface area (Å²) in [7, 11) is 0. The molecule has 1 aliphatic heterocycles. The molecule has 1 N–H and O–H groups in total. The molecule has 32 heavy (non-hydrogen) atoms. The molecule has 5 rings (SSSR count). The van der Waals surface area contributed by atoms with Gasteiger partial charge in [0, 0.05) is 18.7 Å². The van der Waals surface area contributed by atoms with Crippen LogP contribution in [0.4, 0.5) is 4.39 Å². The van der Waals surface area contributed by atoms with E-state index in [1.807, 2.05) is 31.2 Å². The first-order chi connectivity index (χ1) is 15.6. The van der Waals surface area contributed by atoms with Crippen LogP contribution in [0.3, 0.4) is 0 Å². The molecule has 3 heterocycles. The highest BCUT2D eigenvalue weighted by atomic mass is 19.1. The van der Waals surface area contributed by atoms with E-state index in [4.69, 9.17) is 4.74 Å². The van der Waals surface area contributed by atoms with Crippen LogP contribution in [0.25, 0.3) is 10.9 Å². The number of fused-ring (bicyclic) bond motifs is 1. The number of H-pyrrole nitrogens is 1. The van der Waals surface area contributed by atoms with Crippen molar-refractivity contribution in [3.05, 3.63) is 87.2 Å². The van der Waals surface area contributed by atoms with Crippen molar-refractivity contribution in [2.45, 2.75) is 19.5 Å². The number of tetrazole rings is 1. The van der Waals surface area contributed by atoms with Crippen LogP contribution in [0, 0.1) is 12.7 Å². The number of nitrogens with zero attached hydrogens (tertiary/aromatic N) is 5. The number of hydrogen-bond acceptors (Lipinski definition) is 6. The van der Waals surface area contributed by atoms with E-state index in [2.05, 4.69) is 25.4 Å². The first kappa shape index (κ1) is 20.5. The third kappa shape index (κ3) is 3.92. The molecule has 0 aliphatic carbocycles. The second kappa shape index (κ2) is 8.60. The van der Waals surface area contributed by atoms with Crippen molar-refractivity contribution in [2.24, 2.45) is 0 Å². The Hall–Kier alpha value is -3.43. The highest BCUT2D eigenvalue weighted by Crippen LogP contribution is 2.28. The van der Waals surface area contributed by atoms with Crippen molar-refractivity contribution in [2.75, 3.05) is 26.3 Å². The summed E-state index contributed by atoms with van der Waals surface area (Å²) in [6.07, 6.45) is 0. The quantitative estimate of drug-likeness (QED) is 0.519. The molecule has 0 radical (unpaired) electrons. The molecule has 0 saturated carbocycles. The van der Waals surface area contributed by atoms with Crippen molar-refractivity contribution in [3.63, 3.8) is 0 Å². The normalized spacial score (nSPS) is 15.8. The van der Waals surface area contributed by atoms with E-state index in [9.17, 15) is 9.18 Å². The van der Waals surface area contributed by atoms with Gasteiger partial charge in [-0.3, -0.25) is 9.69 Å². The van der Waals surface area contributed by atoms with Gasteiger partial charge in [-0.1, -0.05) is 30.3 Å². The maximum atomic E-state index is 13.3. The lowest BCUT2D eigenvalue weighted by Gasteiger charge is -2.33. The number of morpholine rings is 1. The lowest BCUT2D eigenvalue weighted by Crippen LogP contribution is -2.42. The predicted octanol–water partition coefficient (Wildman–Crippen LogP) is 2.43. The molecule has 1 aliphatic rings. The first-order valence-corrected chi connectivity index (χ1v) is 10.5. The molecule has 0 amide bonds. The van der Waals surface area contributed by atoms with Gasteiger partial charge in [0.25, 0.3) is 5.56 Å². The molecule has 2 aromatic heterocycles. The van der Waals surface area contributed by atoms with Crippen LogP contribution in [-0.4, -0.2) is 56.4 Å². The van der Waals surface area contributed by atoms with Crippen LogP contribution in [-0.2, 0) is 11.3 Å². The van der Waals surface area contributed by atoms with Crippen LogP contribution >= 0.6 is 0 Å². The zero-order chi connectivity index (χ0) is 22.1. The minimum Gasteiger partial charge on any atom is -0.379 e. The fourth-order valence-electron chi connectivity index (χ4n) is 4.22. The van der Waals surface area contributed by atoms with Crippen molar-refractivity contribution >= 4 is 10.9 Å². The highest BCUT2D eigenvalue weighted by Gasteiger charge is 2.31. The Morgan fingerprint density at radius 2 is 1.94 bits per heavy atom. The van der Waals surface area contributed by atoms with Gasteiger partial charge in [0.05, 0.1) is 25.3 Å². The molecule has 164 valence electrons. The Bertz CT molecular complexity index is 1290. The minimum atomic E-state index is -0.442. The molecule has 8 nitrogen and oxygen atoms in total. The van der Waals surface area contributed by atoms with Crippen LogP contribution in [0.15, 0.2) is 53.3 Å². The fourth-order valence-corrected chi connectivity index (χ4v) is 4.22. The second-order valence-corrected chi connectivity index (χ2v) is 7.97. The number of halogens is 1. The third-order valence-corrected chi connectivity index (χ3v) is 5.87. The number of para-hydroxylation sites is 1. The summed E-state index contributed by atoms with van der Waals surface area (Å²) in [5.74, 6) is 0.267. The Balaban J connectivity index is 1.61. The van der Waals surface area contributed by atoms with Crippen molar-refractivity contribution < 1.29 is 9.13 Å². The van der Waals surface area contributed by atoms with Gasteiger partial charge in [-0.15, -0.1) is 5.10 Å². The number of aromatic amines is 1. The van der Waals surface area contributed by atoms with Gasteiger partial charge in [0.15, 0.2) is 5.82 Å². The summed E-state index contributed by atoms with van der Waals surface area (Å²) in [6.45, 7) is 4.79. The Kier molecular flexibility index (Phi) is 5.50. The number of aryl methyl sites for hydroxylation is 1. The molecule has 4 aromatic rings. The zero-order valence-corrected chi connectivity index (χ0v) is 17.7. The zero-order valence-electron chi connectivity index (χ0n) is 17.7. The van der Waals surface area contributed by atoms with Gasteiger partial charge in [-0.05, 0) is 52.1 Å². The Labute approximate surface area is 183 Å². The molecule has 0 unspecified atom stereocenters. The first-order valence-electron chi connectivity index (χ1n) is 10.5. The average molecular weight is 434 g/mol. The maximum absolute atomic E-state index is 13.3. The SMILES string of the molecule is Cc1cccc2cc([C@H](c3nnnn3Cc3ccc(F)cc3)N3CCOCC3)c(=O)[nH]c12. The number of ether oxygens (including phenoxy) is 1. The number of rotatable bonds is 5. The summed E-state index contributed by atoms with van der Waals surface area (Å²) in [5.41, 5.74) is 3.12. The highest BCUT2D eigenvalue weighted by molar-refractivity contribution is 5.82. The van der Waals surface area contributed by atoms with Gasteiger partial charge in [0.1, 0.15) is 11.9 Å². The number of pyridine rings is 1. The maximum Gasteiger partial charge on any atom is 0.253 e. The van der Waals surface area contributed by atoms with Gasteiger partial charge in [-0.25, -0.2) is 9.07 Å². The molecule has 1 saturated heterocycles. The number of benzene rings is 2. The van der Waals surface area contributed by atoms with Gasteiger partial charge >= 0.3 is 0 Å². The van der Waals surface area contributed by atoms with Crippen LogP contribution in [0.5, 0.6) is 0 Å². The molecule has 1 fully saturated rings. The van der Waals surface area contributed by atoms with Crippen LogP contribution < -0.4 is 5.56 Å². The summed E-state index contributed by atoms with van der Waals surface area (Å²) >= 11 is 0. The fraction of sp³-hybridized carbons (Fsp3) is 0.304. The molecule has 1 atom stereocenters. The molecular weight excluding hydrogens is 411 g/mol. The van der Waals surface area contributed by atoms with Gasteiger partial charge in [-0.2, -0.15) is 0 Å². The van der Waals surface area contributed by atoms with Crippen molar-refractivity contribution in [1.82, 2.24) is 30.1 Å². The van der Waals surface area contributed by atoms with E-state index in [1.54, 1.807) is 16.8 Å². The topological polar surface area (TPSA) is 88.9 Å². The molecule has 0 bridgehead atoms. The molecule has 2 aromatic carbocycles. The lowest BCUT2D eigenvalue weighted by atomic mass is 10.0. The second-order valence-electron chi connectivity index (χ2n) is 7.97. The van der Waals surface area contributed by atoms with E-state index in [-0.39, 0.29) is 11.4 Å². The summed E-state index contributed by atoms with van der Waals surface area (Å²) in [4.78, 5) is 18.5. The van der Waals surface area contributed by atoms with Gasteiger partial charge in [0.2, 0.25) is 0 Å². The Morgan fingerprint density at radius 1 is 1.16 bits per heavy atom. The third-order valence-electron chi connectivity index (χ3n) is 5.87. The van der Waals surface area contributed by atoms with E-state index < -0.39 is 6.04 Å². The molecule has 0 spiro atoms. The summed E-state index contributed by atoms with van der Waals surface area (Å²) in [6, 6.07) is 13.7. The Morgan fingerprint density at radius 3 is 2.72 bits per heavy atom. The summed E-state index contributed by atoms with van der Waals surface area (Å²) in [5, 5.41) is 13.3. The van der Waals surface area contributed by atoms with E-state index in [0.29, 0.717) is 44.2 Å². The number of hydrogen-bond donors (Lipinski definition) is 1. The number of nitrogens with one attached hydrogen (secondary N) is 1.